The number of aromatic nitrogens is 5. The molecule has 0 aliphatic rings. The molecule has 0 unspecified atom stereocenters. The van der Waals surface area contributed by atoms with Crippen LogP contribution in [-0.2, 0) is 17.9 Å². The maximum atomic E-state index is 13.7. The lowest BCUT2D eigenvalue weighted by atomic mass is 10.2. The van der Waals surface area contributed by atoms with Crippen molar-refractivity contribution < 1.29 is 18.8 Å². The topological polar surface area (TPSA) is 126 Å². The van der Waals surface area contributed by atoms with Gasteiger partial charge in [-0.05, 0) is 31.5 Å². The second kappa shape index (κ2) is 9.17. The molecule has 0 fully saturated rings. The molecule has 1 N–H and O–H groups in total. The second-order valence-corrected chi connectivity index (χ2v) is 8.28. The number of aryl methyl sites for hydroxylation is 2. The van der Waals surface area contributed by atoms with Crippen LogP contribution in [0.3, 0.4) is 0 Å². The Bertz CT molecular complexity index is 1670. The minimum Gasteiger partial charge on any atom is -0.493 e. The molecular formula is C25H24N6O5. The summed E-state index contributed by atoms with van der Waals surface area (Å²) in [5.41, 5.74) is 2.59. The first-order chi connectivity index (χ1) is 17.4. The molecule has 3 aromatic heterocycles. The van der Waals surface area contributed by atoms with Gasteiger partial charge in [0.15, 0.2) is 17.3 Å². The van der Waals surface area contributed by atoms with E-state index in [1.807, 2.05) is 31.2 Å². The van der Waals surface area contributed by atoms with Crippen LogP contribution in [0.1, 0.15) is 17.3 Å². The van der Waals surface area contributed by atoms with Gasteiger partial charge in [0.2, 0.25) is 11.8 Å². The minimum atomic E-state index is -0.353. The van der Waals surface area contributed by atoms with Crippen LogP contribution in [0.4, 0.5) is 5.69 Å². The number of carbonyl (C=O) groups is 1. The fourth-order valence-corrected chi connectivity index (χ4v) is 4.19. The summed E-state index contributed by atoms with van der Waals surface area (Å²) in [6.45, 7) is 3.54. The first-order valence-corrected chi connectivity index (χ1v) is 11.2. The highest BCUT2D eigenvalue weighted by Gasteiger charge is 2.22. The summed E-state index contributed by atoms with van der Waals surface area (Å²) >= 11 is 0. The van der Waals surface area contributed by atoms with Crippen LogP contribution in [0.2, 0.25) is 0 Å². The summed E-state index contributed by atoms with van der Waals surface area (Å²) in [5, 5.41) is 7.36. The van der Waals surface area contributed by atoms with Crippen LogP contribution in [-0.4, -0.2) is 44.4 Å². The lowest BCUT2D eigenvalue weighted by molar-refractivity contribution is -0.116. The Labute approximate surface area is 205 Å². The standard InChI is InChI=1S/C25H24N6O5/c1-14-7-5-6-8-17(14)28-21(32)11-31-18-10-20(35-4)19(34-3)9-16(18)23-24(31)25(33)30(13-26-23)12-22-27-15(2)29-36-22/h5-10,13H,11-12H2,1-4H3,(H,28,32). The Kier molecular flexibility index (Phi) is 5.88. The fourth-order valence-electron chi connectivity index (χ4n) is 4.19. The average Bonchev–Trinajstić information content (AvgIpc) is 3.42. The number of hydrogen-bond donors (Lipinski definition) is 1. The highest BCUT2D eigenvalue weighted by atomic mass is 16.5. The van der Waals surface area contributed by atoms with Crippen LogP contribution in [0, 0.1) is 13.8 Å². The third-order valence-electron chi connectivity index (χ3n) is 5.93. The largest absolute Gasteiger partial charge is 0.493 e. The highest BCUT2D eigenvalue weighted by molar-refractivity contribution is 6.07. The number of anilines is 1. The number of para-hydroxylation sites is 1. The van der Waals surface area contributed by atoms with Gasteiger partial charge in [0.05, 0.1) is 26.1 Å². The second-order valence-electron chi connectivity index (χ2n) is 8.28. The molecular weight excluding hydrogens is 464 g/mol. The molecule has 2 aromatic carbocycles. The lowest BCUT2D eigenvalue weighted by Gasteiger charge is -2.12. The number of carbonyl (C=O) groups excluding carboxylic acids is 1. The first kappa shape index (κ1) is 23.1. The average molecular weight is 489 g/mol. The number of fused-ring (bicyclic) bond motifs is 3. The van der Waals surface area contributed by atoms with Crippen molar-refractivity contribution in [2.45, 2.75) is 26.9 Å². The van der Waals surface area contributed by atoms with Gasteiger partial charge in [-0.15, -0.1) is 0 Å². The van der Waals surface area contributed by atoms with Gasteiger partial charge in [0.25, 0.3) is 5.56 Å². The summed E-state index contributed by atoms with van der Waals surface area (Å²) in [4.78, 5) is 35.5. The van der Waals surface area contributed by atoms with Crippen LogP contribution < -0.4 is 20.3 Å². The van der Waals surface area contributed by atoms with E-state index in [1.54, 1.807) is 23.6 Å². The molecule has 1 amide bonds. The smallest absolute Gasteiger partial charge is 0.278 e. The molecule has 0 bridgehead atoms. The summed E-state index contributed by atoms with van der Waals surface area (Å²) in [5.74, 6) is 1.41. The van der Waals surface area contributed by atoms with Gasteiger partial charge in [-0.2, -0.15) is 4.98 Å². The number of ether oxygens (including phenoxy) is 2. The van der Waals surface area contributed by atoms with E-state index in [1.165, 1.54) is 25.1 Å². The van der Waals surface area contributed by atoms with E-state index in [0.717, 1.165) is 5.56 Å². The molecule has 0 saturated heterocycles. The van der Waals surface area contributed by atoms with E-state index in [0.29, 0.717) is 39.4 Å². The van der Waals surface area contributed by atoms with Gasteiger partial charge >= 0.3 is 0 Å². The van der Waals surface area contributed by atoms with E-state index in [2.05, 4.69) is 20.4 Å². The van der Waals surface area contributed by atoms with Crippen molar-refractivity contribution in [1.82, 2.24) is 24.3 Å². The third kappa shape index (κ3) is 4.04. The molecule has 11 heteroatoms. The maximum absolute atomic E-state index is 13.7. The van der Waals surface area contributed by atoms with Crippen LogP contribution in [0.5, 0.6) is 11.5 Å². The molecule has 184 valence electrons. The number of amides is 1. The zero-order valence-corrected chi connectivity index (χ0v) is 20.2. The van der Waals surface area contributed by atoms with E-state index in [9.17, 15) is 9.59 Å². The van der Waals surface area contributed by atoms with Crippen molar-refractivity contribution in [3.63, 3.8) is 0 Å². The molecule has 0 atom stereocenters. The predicted molar refractivity (Wildman–Crippen MR) is 133 cm³/mol. The predicted octanol–water partition coefficient (Wildman–Crippen LogP) is 3.06. The summed E-state index contributed by atoms with van der Waals surface area (Å²) in [6.07, 6.45) is 1.43. The van der Waals surface area contributed by atoms with Gasteiger partial charge in [0.1, 0.15) is 24.1 Å². The van der Waals surface area contributed by atoms with E-state index in [-0.39, 0.29) is 36.0 Å². The highest BCUT2D eigenvalue weighted by Crippen LogP contribution is 2.36. The Morgan fingerprint density at radius 3 is 2.56 bits per heavy atom. The molecule has 0 saturated carbocycles. The summed E-state index contributed by atoms with van der Waals surface area (Å²) in [7, 11) is 3.06. The number of methoxy groups -OCH3 is 2. The lowest BCUT2D eigenvalue weighted by Crippen LogP contribution is -2.25. The Balaban J connectivity index is 1.67. The number of benzene rings is 2. The number of nitrogens with zero attached hydrogens (tertiary/aromatic N) is 5. The zero-order chi connectivity index (χ0) is 25.4. The van der Waals surface area contributed by atoms with Gasteiger partial charge in [-0.25, -0.2) is 4.98 Å². The Morgan fingerprint density at radius 1 is 1.11 bits per heavy atom. The molecule has 0 aliphatic carbocycles. The van der Waals surface area contributed by atoms with Crippen LogP contribution >= 0.6 is 0 Å². The van der Waals surface area contributed by atoms with Gasteiger partial charge in [0, 0.05) is 17.1 Å². The third-order valence-corrected chi connectivity index (χ3v) is 5.93. The van der Waals surface area contributed by atoms with Crippen molar-refractivity contribution >= 4 is 33.5 Å². The van der Waals surface area contributed by atoms with Crippen molar-refractivity contribution in [3.05, 3.63) is 70.4 Å². The molecule has 0 radical (unpaired) electrons. The van der Waals surface area contributed by atoms with Crippen molar-refractivity contribution in [1.29, 1.82) is 0 Å². The van der Waals surface area contributed by atoms with E-state index < -0.39 is 0 Å². The first-order valence-electron chi connectivity index (χ1n) is 11.2. The van der Waals surface area contributed by atoms with Crippen molar-refractivity contribution in [3.8, 4) is 11.5 Å². The molecule has 0 aliphatic heterocycles. The van der Waals surface area contributed by atoms with Crippen molar-refractivity contribution in [2.24, 2.45) is 0 Å². The number of hydrogen-bond acceptors (Lipinski definition) is 8. The minimum absolute atomic E-state index is 0.0478. The summed E-state index contributed by atoms with van der Waals surface area (Å²) in [6, 6.07) is 11.0. The molecule has 3 heterocycles. The maximum Gasteiger partial charge on any atom is 0.278 e. The monoisotopic (exact) mass is 488 g/mol. The molecule has 11 nitrogen and oxygen atoms in total. The quantitative estimate of drug-likeness (QED) is 0.370. The van der Waals surface area contributed by atoms with Crippen molar-refractivity contribution in [2.75, 3.05) is 19.5 Å². The van der Waals surface area contributed by atoms with E-state index in [4.69, 9.17) is 14.0 Å². The van der Waals surface area contributed by atoms with Gasteiger partial charge < -0.3 is 23.9 Å². The van der Waals surface area contributed by atoms with Crippen LogP contribution in [0.15, 0.2) is 52.0 Å². The van der Waals surface area contributed by atoms with Gasteiger partial charge in [-0.3, -0.25) is 14.2 Å². The Morgan fingerprint density at radius 2 is 1.86 bits per heavy atom. The molecule has 36 heavy (non-hydrogen) atoms. The zero-order valence-electron chi connectivity index (χ0n) is 20.2. The Hall–Kier alpha value is -4.67. The molecule has 5 rings (SSSR count). The van der Waals surface area contributed by atoms with Gasteiger partial charge in [-0.1, -0.05) is 23.4 Å². The SMILES string of the molecule is COc1cc2c3ncn(Cc4nc(C)no4)c(=O)c3n(CC(=O)Nc3ccccc3C)c2cc1OC. The van der Waals surface area contributed by atoms with Crippen LogP contribution in [0.25, 0.3) is 21.9 Å². The molecule has 0 spiro atoms. The molecule has 5 aromatic rings. The fraction of sp³-hybridized carbons (Fsp3) is 0.240. The summed E-state index contributed by atoms with van der Waals surface area (Å²) < 4.78 is 19.1. The normalized spacial score (nSPS) is 11.2. The number of rotatable bonds is 7. The van der Waals surface area contributed by atoms with E-state index >= 15 is 0 Å². The number of nitrogens with one attached hydrogen (secondary N) is 1.